The molecule has 0 aliphatic rings. The fourth-order valence-electron chi connectivity index (χ4n) is 0.892. The molecule has 0 heterocycles. The van der Waals surface area contributed by atoms with Crippen LogP contribution >= 0.6 is 15.9 Å². The molecule has 0 aromatic heterocycles. The molecule has 0 aliphatic carbocycles. The van der Waals surface area contributed by atoms with E-state index in [1.165, 1.54) is 6.20 Å². The summed E-state index contributed by atoms with van der Waals surface area (Å²) in [7, 11) is 0. The summed E-state index contributed by atoms with van der Waals surface area (Å²) in [6, 6.07) is 7.69. The first-order valence-corrected chi connectivity index (χ1v) is 4.48. The molecule has 0 unspecified atom stereocenters. The van der Waals surface area contributed by atoms with Gasteiger partial charge < -0.3 is 0 Å². The van der Waals surface area contributed by atoms with Crippen molar-refractivity contribution in [3.05, 3.63) is 47.1 Å². The minimum absolute atomic E-state index is 0.586. The van der Waals surface area contributed by atoms with Crippen LogP contribution < -0.4 is 0 Å². The van der Waals surface area contributed by atoms with Crippen molar-refractivity contribution in [2.24, 2.45) is 9.98 Å². The highest BCUT2D eigenvalue weighted by molar-refractivity contribution is 9.10. The number of hydrogen-bond donors (Lipinski definition) is 0. The Balaban J connectivity index is 3.06. The molecule has 0 atom stereocenters. The standard InChI is InChI=1S/C10H9BrN2/c1-3-13-10(12-2)8-4-6-9(11)7-5-8/h3-7H,1-2H2. The van der Waals surface area contributed by atoms with E-state index in [0.717, 1.165) is 10.0 Å². The highest BCUT2D eigenvalue weighted by Gasteiger charge is 1.98. The van der Waals surface area contributed by atoms with E-state index in [-0.39, 0.29) is 0 Å². The third kappa shape index (κ3) is 2.63. The molecule has 0 amide bonds. The highest BCUT2D eigenvalue weighted by atomic mass is 79.9. The van der Waals surface area contributed by atoms with E-state index < -0.39 is 0 Å². The zero-order chi connectivity index (χ0) is 9.68. The van der Waals surface area contributed by atoms with Gasteiger partial charge in [-0.05, 0) is 18.9 Å². The van der Waals surface area contributed by atoms with Gasteiger partial charge in [0.2, 0.25) is 0 Å². The van der Waals surface area contributed by atoms with Gasteiger partial charge in [0.1, 0.15) is 0 Å². The van der Waals surface area contributed by atoms with Crippen molar-refractivity contribution < 1.29 is 0 Å². The smallest absolute Gasteiger partial charge is 0.158 e. The number of amidine groups is 1. The largest absolute Gasteiger partial charge is 0.245 e. The maximum Gasteiger partial charge on any atom is 0.158 e. The van der Waals surface area contributed by atoms with Gasteiger partial charge in [0.15, 0.2) is 5.84 Å². The minimum Gasteiger partial charge on any atom is -0.245 e. The lowest BCUT2D eigenvalue weighted by atomic mass is 10.2. The third-order valence-electron chi connectivity index (χ3n) is 1.47. The number of aliphatic imine (C=N–C) groups is 2. The van der Waals surface area contributed by atoms with Crippen molar-refractivity contribution in [3.63, 3.8) is 0 Å². The molecule has 3 heteroatoms. The zero-order valence-corrected chi connectivity index (χ0v) is 8.66. The summed E-state index contributed by atoms with van der Waals surface area (Å²) >= 11 is 3.35. The van der Waals surface area contributed by atoms with Crippen molar-refractivity contribution in [2.45, 2.75) is 0 Å². The average Bonchev–Trinajstić information content (AvgIpc) is 2.16. The number of benzene rings is 1. The Kier molecular flexibility index (Phi) is 3.58. The van der Waals surface area contributed by atoms with Gasteiger partial charge in [0.05, 0.1) is 0 Å². The molecule has 0 radical (unpaired) electrons. The molecule has 1 rings (SSSR count). The molecule has 0 N–H and O–H groups in total. The van der Waals surface area contributed by atoms with E-state index in [1.807, 2.05) is 24.3 Å². The van der Waals surface area contributed by atoms with Crippen LogP contribution in [0.3, 0.4) is 0 Å². The Morgan fingerprint density at radius 3 is 2.38 bits per heavy atom. The van der Waals surface area contributed by atoms with Crippen LogP contribution in [0.1, 0.15) is 5.56 Å². The van der Waals surface area contributed by atoms with Crippen LogP contribution in [0.5, 0.6) is 0 Å². The molecule has 2 nitrogen and oxygen atoms in total. The molecular weight excluding hydrogens is 228 g/mol. The molecule has 1 aromatic rings. The first-order valence-electron chi connectivity index (χ1n) is 3.69. The third-order valence-corrected chi connectivity index (χ3v) is 1.99. The van der Waals surface area contributed by atoms with E-state index >= 15 is 0 Å². The molecule has 66 valence electrons. The normalized spacial score (nSPS) is 11.0. The quantitative estimate of drug-likeness (QED) is 0.558. The predicted molar refractivity (Wildman–Crippen MR) is 60.4 cm³/mol. The molecule has 0 saturated heterocycles. The number of rotatable bonds is 2. The van der Waals surface area contributed by atoms with Crippen molar-refractivity contribution >= 4 is 28.5 Å². The summed E-state index contributed by atoms with van der Waals surface area (Å²) < 4.78 is 1.03. The van der Waals surface area contributed by atoms with Gasteiger partial charge in [-0.2, -0.15) is 0 Å². The molecule has 1 aromatic carbocycles. The van der Waals surface area contributed by atoms with E-state index in [4.69, 9.17) is 0 Å². The van der Waals surface area contributed by atoms with Crippen molar-refractivity contribution in [1.29, 1.82) is 0 Å². The Bertz CT molecular complexity index is 338. The van der Waals surface area contributed by atoms with Crippen LogP contribution in [0.4, 0.5) is 0 Å². The fraction of sp³-hybridized carbons (Fsp3) is 0. The molecule has 0 bridgehead atoms. The molecule has 0 spiro atoms. The summed E-state index contributed by atoms with van der Waals surface area (Å²) in [5.74, 6) is 0.586. The second-order valence-corrected chi connectivity index (χ2v) is 3.22. The molecule has 0 saturated carbocycles. The van der Waals surface area contributed by atoms with Crippen molar-refractivity contribution in [2.75, 3.05) is 0 Å². The van der Waals surface area contributed by atoms with Gasteiger partial charge in [0, 0.05) is 16.2 Å². The van der Waals surface area contributed by atoms with Gasteiger partial charge >= 0.3 is 0 Å². The zero-order valence-electron chi connectivity index (χ0n) is 7.07. The van der Waals surface area contributed by atoms with E-state index in [2.05, 4.69) is 39.2 Å². The number of nitrogens with zero attached hydrogens (tertiary/aromatic N) is 2. The summed E-state index contributed by atoms with van der Waals surface area (Å²) in [6.45, 7) is 6.95. The van der Waals surface area contributed by atoms with E-state index in [1.54, 1.807) is 0 Å². The second-order valence-electron chi connectivity index (χ2n) is 2.30. The topological polar surface area (TPSA) is 24.7 Å². The van der Waals surface area contributed by atoms with E-state index in [0.29, 0.717) is 5.84 Å². The lowest BCUT2D eigenvalue weighted by Gasteiger charge is -1.98. The van der Waals surface area contributed by atoms with Crippen molar-refractivity contribution in [3.8, 4) is 0 Å². The molecular formula is C10H9BrN2. The van der Waals surface area contributed by atoms with Gasteiger partial charge in [-0.3, -0.25) is 0 Å². The van der Waals surface area contributed by atoms with Gasteiger partial charge in [0.25, 0.3) is 0 Å². The maximum absolute atomic E-state index is 3.98. The first kappa shape index (κ1) is 9.86. The highest BCUT2D eigenvalue weighted by Crippen LogP contribution is 2.11. The fourth-order valence-corrected chi connectivity index (χ4v) is 1.16. The van der Waals surface area contributed by atoms with Crippen LogP contribution in [-0.4, -0.2) is 12.6 Å². The monoisotopic (exact) mass is 236 g/mol. The Morgan fingerprint density at radius 1 is 1.31 bits per heavy atom. The first-order chi connectivity index (χ1) is 6.27. The van der Waals surface area contributed by atoms with Crippen LogP contribution in [-0.2, 0) is 0 Å². The average molecular weight is 237 g/mol. The van der Waals surface area contributed by atoms with Gasteiger partial charge in [-0.15, -0.1) is 0 Å². The summed E-state index contributed by atoms with van der Waals surface area (Å²) in [5, 5.41) is 0. The van der Waals surface area contributed by atoms with Gasteiger partial charge in [-0.25, -0.2) is 9.98 Å². The van der Waals surface area contributed by atoms with Crippen LogP contribution in [0.25, 0.3) is 0 Å². The lowest BCUT2D eigenvalue weighted by Crippen LogP contribution is -1.94. The maximum atomic E-state index is 3.98. The SMILES string of the molecule is C=CN=C(N=C)c1ccc(Br)cc1. The van der Waals surface area contributed by atoms with Crippen molar-refractivity contribution in [1.82, 2.24) is 0 Å². The van der Waals surface area contributed by atoms with Crippen LogP contribution in [0, 0.1) is 0 Å². The Hall–Kier alpha value is -1.22. The molecule has 13 heavy (non-hydrogen) atoms. The second kappa shape index (κ2) is 4.72. The Labute approximate surface area is 85.9 Å². The van der Waals surface area contributed by atoms with Crippen LogP contribution in [0.2, 0.25) is 0 Å². The summed E-state index contributed by atoms with van der Waals surface area (Å²) in [4.78, 5) is 7.77. The molecule has 0 fully saturated rings. The minimum atomic E-state index is 0.586. The lowest BCUT2D eigenvalue weighted by molar-refractivity contribution is 1.47. The van der Waals surface area contributed by atoms with Crippen LogP contribution in [0.15, 0.2) is 51.5 Å². The number of hydrogen-bond acceptors (Lipinski definition) is 1. The van der Waals surface area contributed by atoms with Gasteiger partial charge in [-0.1, -0.05) is 34.6 Å². The number of halogens is 1. The van der Waals surface area contributed by atoms with E-state index in [9.17, 15) is 0 Å². The summed E-state index contributed by atoms with van der Waals surface area (Å²) in [6.07, 6.45) is 1.45. The predicted octanol–water partition coefficient (Wildman–Crippen LogP) is 3.04. The summed E-state index contributed by atoms with van der Waals surface area (Å²) in [5.41, 5.74) is 0.929. The molecule has 0 aliphatic heterocycles. The Morgan fingerprint density at radius 2 is 1.92 bits per heavy atom.